The Balaban J connectivity index is 1.81. The van der Waals surface area contributed by atoms with Gasteiger partial charge in [-0.25, -0.2) is 4.79 Å². The van der Waals surface area contributed by atoms with Crippen LogP contribution in [0.3, 0.4) is 0 Å². The Morgan fingerprint density at radius 3 is 2.41 bits per heavy atom. The first-order valence-corrected chi connectivity index (χ1v) is 7.30. The number of benzene rings is 2. The van der Waals surface area contributed by atoms with Crippen molar-refractivity contribution in [2.75, 3.05) is 0 Å². The summed E-state index contributed by atoms with van der Waals surface area (Å²) in [7, 11) is 0. The van der Waals surface area contributed by atoms with E-state index in [-0.39, 0.29) is 12.1 Å². The lowest BCUT2D eigenvalue weighted by molar-refractivity contribution is 0.240. The predicted molar refractivity (Wildman–Crippen MR) is 89.1 cm³/mol. The van der Waals surface area contributed by atoms with Gasteiger partial charge in [0.25, 0.3) is 0 Å². The van der Waals surface area contributed by atoms with E-state index < -0.39 is 0 Å². The second-order valence-corrected chi connectivity index (χ2v) is 5.35. The Morgan fingerprint density at radius 1 is 0.955 bits per heavy atom. The number of allylic oxidation sites excluding steroid dienone is 1. The molecule has 0 aromatic heterocycles. The lowest BCUT2D eigenvalue weighted by atomic mass is 10.0. The molecule has 3 nitrogen and oxygen atoms in total. The molecule has 0 fully saturated rings. The molecule has 110 valence electrons. The van der Waals surface area contributed by atoms with Crippen molar-refractivity contribution in [3.05, 3.63) is 89.1 Å². The monoisotopic (exact) mass is 290 g/mol. The van der Waals surface area contributed by atoms with Crippen molar-refractivity contribution in [2.24, 2.45) is 0 Å². The maximum atomic E-state index is 11.8. The molecule has 2 amide bonds. The van der Waals surface area contributed by atoms with Gasteiger partial charge in [-0.1, -0.05) is 66.2 Å². The fourth-order valence-corrected chi connectivity index (χ4v) is 2.37. The van der Waals surface area contributed by atoms with Crippen LogP contribution in [-0.4, -0.2) is 6.03 Å². The van der Waals surface area contributed by atoms with Crippen LogP contribution in [0.4, 0.5) is 4.79 Å². The number of carbonyl (C=O) groups is 1. The van der Waals surface area contributed by atoms with Gasteiger partial charge in [0.2, 0.25) is 0 Å². The van der Waals surface area contributed by atoms with Crippen LogP contribution in [0.15, 0.2) is 72.4 Å². The Kier molecular flexibility index (Phi) is 4.05. The van der Waals surface area contributed by atoms with E-state index in [0.29, 0.717) is 0 Å². The first kappa shape index (κ1) is 14.1. The van der Waals surface area contributed by atoms with Gasteiger partial charge >= 0.3 is 6.03 Å². The lowest BCUT2D eigenvalue weighted by Crippen LogP contribution is -2.40. The van der Waals surface area contributed by atoms with E-state index in [0.717, 1.165) is 16.8 Å². The summed E-state index contributed by atoms with van der Waals surface area (Å²) in [6.45, 7) is 2.06. The zero-order chi connectivity index (χ0) is 15.4. The number of rotatable bonds is 3. The van der Waals surface area contributed by atoms with Gasteiger partial charge < -0.3 is 10.6 Å². The fraction of sp³-hybridized carbons (Fsp3) is 0.105. The largest absolute Gasteiger partial charge is 0.327 e. The molecule has 0 aliphatic carbocycles. The summed E-state index contributed by atoms with van der Waals surface area (Å²) in [4.78, 5) is 11.8. The van der Waals surface area contributed by atoms with E-state index in [1.54, 1.807) is 0 Å². The third-order valence-corrected chi connectivity index (χ3v) is 3.58. The quantitative estimate of drug-likeness (QED) is 0.883. The van der Waals surface area contributed by atoms with Crippen molar-refractivity contribution in [3.8, 4) is 0 Å². The smallest absolute Gasteiger partial charge is 0.319 e. The first-order valence-electron chi connectivity index (χ1n) is 7.30. The van der Waals surface area contributed by atoms with Gasteiger partial charge in [0, 0.05) is 5.70 Å². The number of aryl methyl sites for hydroxylation is 1. The van der Waals surface area contributed by atoms with Crippen molar-refractivity contribution in [1.82, 2.24) is 10.6 Å². The van der Waals surface area contributed by atoms with Crippen LogP contribution in [0, 0.1) is 6.92 Å². The molecule has 0 spiro atoms. The van der Waals surface area contributed by atoms with Crippen molar-refractivity contribution in [1.29, 1.82) is 0 Å². The molecule has 0 saturated heterocycles. The maximum absolute atomic E-state index is 11.8. The number of hydrogen-bond acceptors (Lipinski definition) is 1. The van der Waals surface area contributed by atoms with Crippen LogP contribution in [0.2, 0.25) is 0 Å². The number of urea groups is 1. The summed E-state index contributed by atoms with van der Waals surface area (Å²) in [6, 6.07) is 17.9. The van der Waals surface area contributed by atoms with Gasteiger partial charge in [-0.2, -0.15) is 0 Å². The Hall–Kier alpha value is -2.81. The highest BCUT2D eigenvalue weighted by molar-refractivity contribution is 5.79. The number of carbonyl (C=O) groups excluding carboxylic acids is 1. The zero-order valence-corrected chi connectivity index (χ0v) is 12.4. The molecule has 2 aromatic rings. The van der Waals surface area contributed by atoms with E-state index in [4.69, 9.17) is 0 Å². The molecule has 0 saturated carbocycles. The Morgan fingerprint density at radius 2 is 1.68 bits per heavy atom. The summed E-state index contributed by atoms with van der Waals surface area (Å²) in [5.74, 6) is 0. The maximum Gasteiger partial charge on any atom is 0.319 e. The number of hydrogen-bond donors (Lipinski definition) is 2. The summed E-state index contributed by atoms with van der Waals surface area (Å²) in [5.41, 5.74) is 4.21. The average molecular weight is 290 g/mol. The summed E-state index contributed by atoms with van der Waals surface area (Å²) in [5, 5.41) is 5.73. The molecule has 0 radical (unpaired) electrons. The lowest BCUT2D eigenvalue weighted by Gasteiger charge is -2.22. The van der Waals surface area contributed by atoms with Gasteiger partial charge in [-0.3, -0.25) is 0 Å². The predicted octanol–water partition coefficient (Wildman–Crippen LogP) is 3.95. The molecule has 3 heteroatoms. The molecule has 1 aliphatic heterocycles. The van der Waals surface area contributed by atoms with Gasteiger partial charge in [0.1, 0.15) is 0 Å². The van der Waals surface area contributed by atoms with E-state index in [1.807, 2.05) is 48.6 Å². The first-order chi connectivity index (χ1) is 10.7. The van der Waals surface area contributed by atoms with Crippen molar-refractivity contribution >= 4 is 12.1 Å². The Labute approximate surface area is 130 Å². The molecular weight excluding hydrogens is 272 g/mol. The highest BCUT2D eigenvalue weighted by Gasteiger charge is 2.17. The van der Waals surface area contributed by atoms with Crippen LogP contribution in [0.25, 0.3) is 6.08 Å². The van der Waals surface area contributed by atoms with E-state index in [2.05, 4.69) is 41.8 Å². The molecule has 2 N–H and O–H groups in total. The molecule has 22 heavy (non-hydrogen) atoms. The van der Waals surface area contributed by atoms with Crippen LogP contribution in [0.1, 0.15) is 22.7 Å². The molecule has 0 bridgehead atoms. The SMILES string of the molecule is Cc1ccc(/C=C/C2=CC(c3ccccc3)NC(=O)N2)cc1. The zero-order valence-electron chi connectivity index (χ0n) is 12.4. The Bertz CT molecular complexity index is 715. The normalized spacial score (nSPS) is 17.8. The molecular formula is C19H18N2O. The van der Waals surface area contributed by atoms with Gasteiger partial charge in [-0.05, 0) is 30.2 Å². The van der Waals surface area contributed by atoms with Crippen LogP contribution >= 0.6 is 0 Å². The molecule has 1 unspecified atom stereocenters. The van der Waals surface area contributed by atoms with Gasteiger partial charge in [-0.15, -0.1) is 0 Å². The standard InChI is InChI=1S/C19H18N2O/c1-14-7-9-15(10-8-14)11-12-17-13-18(21-19(22)20-17)16-5-3-2-4-6-16/h2-13,18H,1H3,(H2,20,21,22)/b12-11+. The van der Waals surface area contributed by atoms with E-state index >= 15 is 0 Å². The van der Waals surface area contributed by atoms with Gasteiger partial charge in [0.15, 0.2) is 0 Å². The highest BCUT2D eigenvalue weighted by Crippen LogP contribution is 2.19. The van der Waals surface area contributed by atoms with Crippen LogP contribution < -0.4 is 10.6 Å². The molecule has 1 atom stereocenters. The second kappa shape index (κ2) is 6.31. The van der Waals surface area contributed by atoms with Crippen molar-refractivity contribution < 1.29 is 4.79 Å². The second-order valence-electron chi connectivity index (χ2n) is 5.35. The summed E-state index contributed by atoms with van der Waals surface area (Å²) in [6.07, 6.45) is 5.94. The summed E-state index contributed by atoms with van der Waals surface area (Å²) < 4.78 is 0. The van der Waals surface area contributed by atoms with Crippen LogP contribution in [-0.2, 0) is 0 Å². The van der Waals surface area contributed by atoms with E-state index in [1.165, 1.54) is 5.56 Å². The summed E-state index contributed by atoms with van der Waals surface area (Å²) >= 11 is 0. The highest BCUT2D eigenvalue weighted by atomic mass is 16.2. The minimum absolute atomic E-state index is 0.104. The van der Waals surface area contributed by atoms with E-state index in [9.17, 15) is 4.79 Å². The molecule has 1 heterocycles. The molecule has 3 rings (SSSR count). The number of amides is 2. The minimum atomic E-state index is -0.181. The van der Waals surface area contributed by atoms with Crippen LogP contribution in [0.5, 0.6) is 0 Å². The van der Waals surface area contributed by atoms with Gasteiger partial charge in [0.05, 0.1) is 6.04 Å². The minimum Gasteiger partial charge on any atom is -0.327 e. The van der Waals surface area contributed by atoms with Crippen molar-refractivity contribution in [2.45, 2.75) is 13.0 Å². The number of nitrogens with one attached hydrogen (secondary N) is 2. The fourth-order valence-electron chi connectivity index (χ4n) is 2.37. The van der Waals surface area contributed by atoms with Crippen molar-refractivity contribution in [3.63, 3.8) is 0 Å². The molecule has 1 aliphatic rings. The third kappa shape index (κ3) is 3.44. The topological polar surface area (TPSA) is 41.1 Å². The molecule has 2 aromatic carbocycles. The average Bonchev–Trinajstić information content (AvgIpc) is 2.55. The third-order valence-electron chi connectivity index (χ3n) is 3.58.